The molecule has 1 fully saturated rings. The molecule has 0 saturated carbocycles. The number of piperazine rings is 1. The minimum Gasteiger partial charge on any atom is -0.301 e. The summed E-state index contributed by atoms with van der Waals surface area (Å²) in [5.74, 6) is 0.226. The second-order valence-electron chi connectivity index (χ2n) is 5.50. The van der Waals surface area contributed by atoms with E-state index in [1.54, 1.807) is 0 Å². The van der Waals surface area contributed by atoms with E-state index in [1.165, 1.54) is 6.42 Å². The third kappa shape index (κ3) is 3.90. The highest BCUT2D eigenvalue weighted by atomic mass is 79.9. The van der Waals surface area contributed by atoms with Crippen molar-refractivity contribution in [2.24, 2.45) is 0 Å². The second-order valence-corrected chi connectivity index (χ2v) is 6.35. The molecule has 1 aromatic rings. The van der Waals surface area contributed by atoms with Crippen LogP contribution in [0.1, 0.15) is 30.1 Å². The van der Waals surface area contributed by atoms with Crippen molar-refractivity contribution >= 4 is 21.7 Å². The highest BCUT2D eigenvalue weighted by Crippen LogP contribution is 2.18. The molecule has 1 aliphatic heterocycles. The molecule has 0 radical (unpaired) electrons. The average molecular weight is 339 g/mol. The van der Waals surface area contributed by atoms with E-state index in [0.717, 1.165) is 36.2 Å². The van der Waals surface area contributed by atoms with Gasteiger partial charge in [0.1, 0.15) is 0 Å². The molecule has 0 amide bonds. The molecule has 1 atom stereocenters. The van der Waals surface area contributed by atoms with Gasteiger partial charge in [0, 0.05) is 48.7 Å². The predicted molar refractivity (Wildman–Crippen MR) is 86.2 cm³/mol. The molecule has 20 heavy (non-hydrogen) atoms. The molecular formula is C16H23BrN2O. The van der Waals surface area contributed by atoms with Crippen molar-refractivity contribution in [3.05, 3.63) is 34.3 Å². The number of hydrogen-bond acceptors (Lipinski definition) is 3. The monoisotopic (exact) mass is 338 g/mol. The van der Waals surface area contributed by atoms with Gasteiger partial charge in [-0.25, -0.2) is 0 Å². The Morgan fingerprint density at radius 2 is 2.10 bits per heavy atom. The first-order valence-corrected chi connectivity index (χ1v) is 8.11. The first-order valence-electron chi connectivity index (χ1n) is 7.32. The summed E-state index contributed by atoms with van der Waals surface area (Å²) in [7, 11) is 2.19. The van der Waals surface area contributed by atoms with Crippen molar-refractivity contribution < 1.29 is 4.79 Å². The number of halogens is 1. The molecule has 3 nitrogen and oxygen atoms in total. The third-order valence-electron chi connectivity index (χ3n) is 4.16. The van der Waals surface area contributed by atoms with E-state index in [1.807, 2.05) is 24.3 Å². The van der Waals surface area contributed by atoms with Gasteiger partial charge in [0.05, 0.1) is 0 Å². The number of nitrogens with zero attached hydrogens (tertiary/aromatic N) is 2. The van der Waals surface area contributed by atoms with E-state index in [-0.39, 0.29) is 5.78 Å². The zero-order valence-electron chi connectivity index (χ0n) is 12.3. The number of carbonyl (C=O) groups is 1. The van der Waals surface area contributed by atoms with Crippen molar-refractivity contribution in [2.75, 3.05) is 33.2 Å². The number of benzene rings is 1. The Balaban J connectivity index is 1.86. The highest BCUT2D eigenvalue weighted by molar-refractivity contribution is 9.10. The van der Waals surface area contributed by atoms with E-state index >= 15 is 0 Å². The van der Waals surface area contributed by atoms with Crippen molar-refractivity contribution in [3.63, 3.8) is 0 Å². The van der Waals surface area contributed by atoms with Crippen LogP contribution in [0.4, 0.5) is 0 Å². The van der Waals surface area contributed by atoms with Gasteiger partial charge in [-0.05, 0) is 19.5 Å². The molecule has 0 N–H and O–H groups in total. The zero-order chi connectivity index (χ0) is 14.5. The Morgan fingerprint density at radius 3 is 2.80 bits per heavy atom. The van der Waals surface area contributed by atoms with E-state index in [9.17, 15) is 4.79 Å². The van der Waals surface area contributed by atoms with Gasteiger partial charge in [-0.15, -0.1) is 0 Å². The number of rotatable bonds is 5. The first-order chi connectivity index (χ1) is 9.61. The van der Waals surface area contributed by atoms with Gasteiger partial charge in [0.2, 0.25) is 0 Å². The maximum Gasteiger partial charge on any atom is 0.165 e. The van der Waals surface area contributed by atoms with Crippen LogP contribution >= 0.6 is 15.9 Å². The number of likely N-dealkylation sites (N-methyl/N-ethyl adjacent to an activating group) is 1. The summed E-state index contributed by atoms with van der Waals surface area (Å²) in [5, 5.41) is 0. The Labute approximate surface area is 130 Å². The molecular weight excluding hydrogens is 316 g/mol. The molecule has 1 saturated heterocycles. The lowest BCUT2D eigenvalue weighted by molar-refractivity contribution is 0.0824. The molecule has 0 aromatic heterocycles. The van der Waals surface area contributed by atoms with Crippen LogP contribution in [0.15, 0.2) is 28.7 Å². The van der Waals surface area contributed by atoms with Crippen molar-refractivity contribution in [1.29, 1.82) is 0 Å². The van der Waals surface area contributed by atoms with Crippen LogP contribution in [-0.4, -0.2) is 54.9 Å². The summed E-state index contributed by atoms with van der Waals surface area (Å²) in [6, 6.07) is 8.30. The van der Waals surface area contributed by atoms with Crippen molar-refractivity contribution in [3.8, 4) is 0 Å². The Morgan fingerprint density at radius 1 is 1.35 bits per heavy atom. The van der Waals surface area contributed by atoms with Crippen LogP contribution in [0, 0.1) is 0 Å². The van der Waals surface area contributed by atoms with Crippen molar-refractivity contribution in [1.82, 2.24) is 9.80 Å². The summed E-state index contributed by atoms with van der Waals surface area (Å²) in [4.78, 5) is 17.1. The van der Waals surface area contributed by atoms with E-state index in [0.29, 0.717) is 12.5 Å². The molecule has 0 bridgehead atoms. The normalized spacial score (nSPS) is 21.1. The predicted octanol–water partition coefficient (Wildman–Crippen LogP) is 3.05. The van der Waals surface area contributed by atoms with E-state index in [2.05, 4.69) is 39.7 Å². The minimum absolute atomic E-state index is 0.226. The smallest absolute Gasteiger partial charge is 0.165 e. The minimum atomic E-state index is 0.226. The lowest BCUT2D eigenvalue weighted by Crippen LogP contribution is -2.51. The Hall–Kier alpha value is -0.710. The molecule has 0 spiro atoms. The van der Waals surface area contributed by atoms with Crippen molar-refractivity contribution in [2.45, 2.75) is 25.8 Å². The van der Waals surface area contributed by atoms with Gasteiger partial charge < -0.3 is 9.80 Å². The van der Waals surface area contributed by atoms with Gasteiger partial charge >= 0.3 is 0 Å². The molecule has 1 aromatic carbocycles. The van der Waals surface area contributed by atoms with Gasteiger partial charge in [-0.2, -0.15) is 0 Å². The molecule has 1 heterocycles. The number of hydrogen-bond donors (Lipinski definition) is 0. The third-order valence-corrected chi connectivity index (χ3v) is 4.85. The van der Waals surface area contributed by atoms with Gasteiger partial charge in [0.15, 0.2) is 5.78 Å². The largest absolute Gasteiger partial charge is 0.301 e. The first kappa shape index (κ1) is 15.7. The fraction of sp³-hybridized carbons (Fsp3) is 0.562. The maximum absolute atomic E-state index is 12.3. The van der Waals surface area contributed by atoms with Crippen LogP contribution in [0.25, 0.3) is 0 Å². The van der Waals surface area contributed by atoms with Crippen LogP contribution in [0.5, 0.6) is 0 Å². The van der Waals surface area contributed by atoms with Gasteiger partial charge in [0.25, 0.3) is 0 Å². The summed E-state index contributed by atoms with van der Waals surface area (Å²) in [5.41, 5.74) is 0.800. The summed E-state index contributed by atoms with van der Waals surface area (Å²) in [6.07, 6.45) is 1.77. The van der Waals surface area contributed by atoms with Gasteiger partial charge in [-0.3, -0.25) is 4.79 Å². The highest BCUT2D eigenvalue weighted by Gasteiger charge is 2.23. The number of Topliss-reactive ketones (excluding diaryl/α,β-unsaturated/α-hetero) is 1. The average Bonchev–Trinajstić information content (AvgIpc) is 2.46. The zero-order valence-corrected chi connectivity index (χ0v) is 13.9. The van der Waals surface area contributed by atoms with Gasteiger partial charge in [-0.1, -0.05) is 41.1 Å². The molecule has 2 rings (SSSR count). The Kier molecular flexibility index (Phi) is 5.75. The van der Waals surface area contributed by atoms with Crippen LogP contribution in [0.2, 0.25) is 0 Å². The van der Waals surface area contributed by atoms with Crippen LogP contribution in [-0.2, 0) is 0 Å². The van der Waals surface area contributed by atoms with Crippen LogP contribution < -0.4 is 0 Å². The lowest BCUT2D eigenvalue weighted by Gasteiger charge is -2.39. The summed E-state index contributed by atoms with van der Waals surface area (Å²) >= 11 is 3.45. The maximum atomic E-state index is 12.3. The van der Waals surface area contributed by atoms with Crippen LogP contribution in [0.3, 0.4) is 0 Å². The fourth-order valence-electron chi connectivity index (χ4n) is 2.74. The molecule has 1 unspecified atom stereocenters. The summed E-state index contributed by atoms with van der Waals surface area (Å²) < 4.78 is 0.898. The second kappa shape index (κ2) is 7.34. The van der Waals surface area contributed by atoms with E-state index in [4.69, 9.17) is 0 Å². The number of carbonyl (C=O) groups excluding carboxylic acids is 1. The standard InChI is InChI=1S/C16H23BrN2O/c1-3-13-12-19(11-10-18(13)2)9-8-16(20)14-6-4-5-7-15(14)17/h4-7,13H,3,8-12H2,1-2H3. The lowest BCUT2D eigenvalue weighted by atomic mass is 10.1. The molecule has 4 heteroatoms. The SMILES string of the molecule is CCC1CN(CCC(=O)c2ccccc2Br)CCN1C. The topological polar surface area (TPSA) is 23.6 Å². The summed E-state index contributed by atoms with van der Waals surface area (Å²) in [6.45, 7) is 6.34. The molecule has 0 aliphatic carbocycles. The molecule has 1 aliphatic rings. The molecule has 110 valence electrons. The number of ketones is 1. The quantitative estimate of drug-likeness (QED) is 0.771. The fourth-order valence-corrected chi connectivity index (χ4v) is 3.24. The Bertz CT molecular complexity index is 464. The van der Waals surface area contributed by atoms with E-state index < -0.39 is 0 Å².